The first-order valence-electron chi connectivity index (χ1n) is 2.90. The maximum atomic E-state index is 8.87. The van der Waals surface area contributed by atoms with Crippen molar-refractivity contribution in [3.05, 3.63) is 5.44 Å². The minimum Gasteiger partial charge on any atom is -0.376 e. The van der Waals surface area contributed by atoms with Crippen molar-refractivity contribution >= 4 is 11.8 Å². The monoisotopic (exact) mass is 133 g/mol. The van der Waals surface area contributed by atoms with Crippen molar-refractivity contribution in [3.63, 3.8) is 0 Å². The van der Waals surface area contributed by atoms with Crippen LogP contribution in [0.5, 0.6) is 0 Å². The Labute approximate surface area is 55.5 Å². The highest BCUT2D eigenvalue weighted by Crippen LogP contribution is 2.17. The van der Waals surface area contributed by atoms with Crippen molar-refractivity contribution in [1.29, 1.82) is 0 Å². The van der Waals surface area contributed by atoms with Crippen LogP contribution in [0.4, 0.5) is 0 Å². The van der Waals surface area contributed by atoms with Gasteiger partial charge in [0.25, 0.3) is 0 Å². The van der Waals surface area contributed by atoms with Gasteiger partial charge in [0.15, 0.2) is 0 Å². The Kier molecular flexibility index (Phi) is 5.66. The van der Waals surface area contributed by atoms with E-state index < -0.39 is 0 Å². The molecule has 1 N–H and O–H groups in total. The van der Waals surface area contributed by atoms with E-state index in [4.69, 9.17) is 5.11 Å². The van der Waals surface area contributed by atoms with Gasteiger partial charge in [0.2, 0.25) is 0 Å². The Morgan fingerprint density at radius 3 is 2.62 bits per heavy atom. The molecule has 0 aliphatic carbocycles. The molecule has 0 bridgehead atoms. The van der Waals surface area contributed by atoms with Gasteiger partial charge in [-0.15, -0.1) is 11.8 Å². The molecule has 2 heteroatoms. The van der Waals surface area contributed by atoms with E-state index in [0.29, 0.717) is 5.44 Å². The van der Waals surface area contributed by atoms with E-state index in [-0.39, 0.29) is 0 Å². The number of hydrogen-bond acceptors (Lipinski definition) is 2. The van der Waals surface area contributed by atoms with Gasteiger partial charge >= 0.3 is 0 Å². The number of aliphatic hydroxyl groups excluding tert-OH is 1. The molecule has 1 nitrogen and oxygen atoms in total. The quantitative estimate of drug-likeness (QED) is 0.635. The average molecular weight is 133 g/mol. The molecule has 0 aromatic heterocycles. The lowest BCUT2D eigenvalue weighted by molar-refractivity contribution is 0.346. The van der Waals surface area contributed by atoms with Gasteiger partial charge < -0.3 is 5.11 Å². The van der Waals surface area contributed by atoms with Gasteiger partial charge in [-0.3, -0.25) is 0 Å². The van der Waals surface area contributed by atoms with Crippen LogP contribution in [0.1, 0.15) is 26.2 Å². The first kappa shape index (κ1) is 8.31. The molecule has 0 unspecified atom stereocenters. The molecular formula is C6H13OS. The maximum absolute atomic E-state index is 8.87. The summed E-state index contributed by atoms with van der Waals surface area (Å²) in [6, 6.07) is 0. The first-order valence-corrected chi connectivity index (χ1v) is 4.12. The Hall–Kier alpha value is 0.310. The van der Waals surface area contributed by atoms with Gasteiger partial charge in [0.1, 0.15) is 5.44 Å². The summed E-state index contributed by atoms with van der Waals surface area (Å²) in [7, 11) is 0. The third-order valence-corrected chi connectivity index (χ3v) is 1.66. The largest absolute Gasteiger partial charge is 0.376 e. The summed E-state index contributed by atoms with van der Waals surface area (Å²) in [6.45, 7) is 2.12. The normalized spacial score (nSPS) is 10.5. The van der Waals surface area contributed by atoms with E-state index in [2.05, 4.69) is 6.92 Å². The maximum Gasteiger partial charge on any atom is 0.148 e. The fraction of sp³-hybridized carbons (Fsp3) is 0.833. The zero-order chi connectivity index (χ0) is 6.41. The smallest absolute Gasteiger partial charge is 0.148 e. The number of unbranched alkanes of at least 4 members (excludes halogenated alkanes) is 1. The number of hydrogen-bond donors (Lipinski definition) is 1. The predicted octanol–water partition coefficient (Wildman–Crippen LogP) is 2.40. The Bertz CT molecular complexity index is 47.8. The van der Waals surface area contributed by atoms with Gasteiger partial charge in [-0.05, 0) is 19.1 Å². The molecule has 0 saturated carbocycles. The number of aliphatic hydroxyl groups is 1. The Morgan fingerprint density at radius 2 is 2.25 bits per heavy atom. The van der Waals surface area contributed by atoms with Crippen LogP contribution in [0.3, 0.4) is 0 Å². The topological polar surface area (TPSA) is 20.2 Å². The van der Waals surface area contributed by atoms with E-state index in [9.17, 15) is 0 Å². The molecular weight excluding hydrogens is 120 g/mol. The zero-order valence-electron chi connectivity index (χ0n) is 5.48. The van der Waals surface area contributed by atoms with E-state index >= 15 is 0 Å². The van der Waals surface area contributed by atoms with E-state index in [1.54, 1.807) is 0 Å². The molecule has 0 saturated heterocycles. The van der Waals surface area contributed by atoms with Crippen LogP contribution in [-0.4, -0.2) is 11.4 Å². The van der Waals surface area contributed by atoms with Crippen LogP contribution < -0.4 is 0 Å². The molecule has 1 radical (unpaired) electrons. The Balaban J connectivity index is 2.86. The molecule has 49 valence electrons. The molecule has 0 heterocycles. The van der Waals surface area contributed by atoms with Gasteiger partial charge in [0, 0.05) is 0 Å². The Morgan fingerprint density at radius 1 is 1.62 bits per heavy atom. The molecule has 0 amide bonds. The van der Waals surface area contributed by atoms with Crippen LogP contribution >= 0.6 is 11.8 Å². The highest BCUT2D eigenvalue weighted by Gasteiger charge is 1.98. The fourth-order valence-corrected chi connectivity index (χ4v) is 0.779. The second kappa shape index (κ2) is 5.45. The molecule has 0 fully saturated rings. The van der Waals surface area contributed by atoms with Crippen molar-refractivity contribution < 1.29 is 5.11 Å². The van der Waals surface area contributed by atoms with Gasteiger partial charge in [0.05, 0.1) is 0 Å². The number of rotatable bonds is 4. The second-order valence-corrected chi connectivity index (χ2v) is 2.58. The fourth-order valence-electron chi connectivity index (χ4n) is 0.430. The summed E-state index contributed by atoms with van der Waals surface area (Å²) in [6.07, 6.45) is 5.01. The van der Waals surface area contributed by atoms with Crippen molar-refractivity contribution in [1.82, 2.24) is 0 Å². The minimum atomic E-state index is 0.562. The lowest BCUT2D eigenvalue weighted by atomic mass is 10.3. The molecule has 0 aliphatic heterocycles. The van der Waals surface area contributed by atoms with Crippen LogP contribution in [0.2, 0.25) is 0 Å². The highest BCUT2D eigenvalue weighted by molar-refractivity contribution is 8.01. The summed E-state index contributed by atoms with van der Waals surface area (Å²) < 4.78 is 0. The van der Waals surface area contributed by atoms with Crippen LogP contribution in [0.15, 0.2) is 0 Å². The van der Waals surface area contributed by atoms with Gasteiger partial charge in [-0.1, -0.05) is 13.3 Å². The average Bonchev–Trinajstić information content (AvgIpc) is 1.83. The van der Waals surface area contributed by atoms with E-state index in [0.717, 1.165) is 19.3 Å². The summed E-state index contributed by atoms with van der Waals surface area (Å²) in [5.41, 5.74) is 0.562. The summed E-state index contributed by atoms with van der Waals surface area (Å²) in [4.78, 5) is 0. The zero-order valence-corrected chi connectivity index (χ0v) is 6.29. The van der Waals surface area contributed by atoms with Crippen LogP contribution in [0, 0.1) is 5.44 Å². The van der Waals surface area contributed by atoms with Crippen LogP contribution in [0.25, 0.3) is 0 Å². The predicted molar refractivity (Wildman–Crippen MR) is 38.2 cm³/mol. The summed E-state index contributed by atoms with van der Waals surface area (Å²) in [5.74, 6) is 0. The summed E-state index contributed by atoms with van der Waals surface area (Å²) >= 11 is 1.44. The molecule has 0 aromatic rings. The lowest BCUT2D eigenvalue weighted by Crippen LogP contribution is -1.86. The highest BCUT2D eigenvalue weighted by atomic mass is 32.2. The lowest BCUT2D eigenvalue weighted by Gasteiger charge is -2.01. The molecule has 0 atom stereocenters. The number of thioether (sulfide) groups is 1. The molecule has 0 spiro atoms. The molecule has 0 aliphatic rings. The van der Waals surface area contributed by atoms with Crippen molar-refractivity contribution in [2.75, 3.05) is 6.26 Å². The van der Waals surface area contributed by atoms with Crippen molar-refractivity contribution in [2.45, 2.75) is 26.2 Å². The first-order chi connectivity index (χ1) is 3.81. The summed E-state index contributed by atoms with van der Waals surface area (Å²) in [5, 5.41) is 8.87. The second-order valence-electron chi connectivity index (χ2n) is 1.70. The van der Waals surface area contributed by atoms with Gasteiger partial charge in [-0.25, -0.2) is 0 Å². The van der Waals surface area contributed by atoms with E-state index in [1.165, 1.54) is 11.8 Å². The van der Waals surface area contributed by atoms with E-state index in [1.807, 2.05) is 6.26 Å². The SMILES string of the molecule is CCCC[C](O)SC. The van der Waals surface area contributed by atoms with Crippen molar-refractivity contribution in [2.24, 2.45) is 0 Å². The van der Waals surface area contributed by atoms with Gasteiger partial charge in [-0.2, -0.15) is 0 Å². The standard InChI is InChI=1S/C6H13OS/c1-3-4-5-6(7)8-2/h7H,3-5H2,1-2H3. The third-order valence-electron chi connectivity index (χ3n) is 0.980. The molecule has 0 rings (SSSR count). The van der Waals surface area contributed by atoms with Crippen molar-refractivity contribution in [3.8, 4) is 0 Å². The molecule has 8 heavy (non-hydrogen) atoms. The van der Waals surface area contributed by atoms with Crippen LogP contribution in [-0.2, 0) is 0 Å². The molecule has 0 aromatic carbocycles. The third kappa shape index (κ3) is 4.47. The minimum absolute atomic E-state index is 0.562.